The van der Waals surface area contributed by atoms with Gasteiger partial charge in [-0.15, -0.1) is 0 Å². The molecule has 0 aromatic heterocycles. The summed E-state index contributed by atoms with van der Waals surface area (Å²) in [6, 6.07) is 17.6. The molecule has 0 aliphatic carbocycles. The Hall–Kier alpha value is -2.40. The number of carbonyl (C=O) groups is 1. The molecule has 0 bridgehead atoms. The van der Waals surface area contributed by atoms with Gasteiger partial charge in [0, 0.05) is 12.0 Å². The number of nitrogens with zero attached hydrogens (tertiary/aromatic N) is 1. The fraction of sp³-hybridized carbons (Fsp3) is 0.176. The Morgan fingerprint density at radius 1 is 1.11 bits per heavy atom. The molecule has 0 saturated carbocycles. The summed E-state index contributed by atoms with van der Waals surface area (Å²) in [5, 5.41) is 8.66. The van der Waals surface area contributed by atoms with Crippen molar-refractivity contribution in [1.82, 2.24) is 0 Å². The van der Waals surface area contributed by atoms with Crippen LogP contribution in [0.15, 0.2) is 48.5 Å². The Balaban J connectivity index is 2.42. The van der Waals surface area contributed by atoms with E-state index in [0.717, 1.165) is 22.3 Å². The van der Waals surface area contributed by atoms with Crippen LogP contribution in [0, 0.1) is 11.3 Å². The monoisotopic (exact) mass is 249 g/mol. The third kappa shape index (κ3) is 2.89. The highest BCUT2D eigenvalue weighted by Gasteiger charge is 2.10. The first-order valence-electron chi connectivity index (χ1n) is 6.34. The second-order valence-corrected chi connectivity index (χ2v) is 4.35. The molecule has 0 saturated heterocycles. The molecule has 0 aliphatic rings. The zero-order valence-corrected chi connectivity index (χ0v) is 10.9. The maximum absolute atomic E-state index is 11.9. The van der Waals surface area contributed by atoms with E-state index >= 15 is 0 Å². The number of Topliss-reactive ketones (excluding diaryl/α,β-unsaturated/α-hetero) is 1. The largest absolute Gasteiger partial charge is 0.294 e. The van der Waals surface area contributed by atoms with Gasteiger partial charge >= 0.3 is 0 Å². The minimum Gasteiger partial charge on any atom is -0.294 e. The lowest BCUT2D eigenvalue weighted by Gasteiger charge is -2.08. The third-order valence-corrected chi connectivity index (χ3v) is 3.10. The zero-order chi connectivity index (χ0) is 13.7. The lowest BCUT2D eigenvalue weighted by atomic mass is 9.95. The lowest BCUT2D eigenvalue weighted by Crippen LogP contribution is -1.99. The van der Waals surface area contributed by atoms with Gasteiger partial charge in [-0.05, 0) is 16.7 Å². The number of carbonyl (C=O) groups excluding carboxylic acids is 1. The fourth-order valence-corrected chi connectivity index (χ4v) is 2.06. The van der Waals surface area contributed by atoms with Crippen molar-refractivity contribution in [3.8, 4) is 17.2 Å². The molecular formula is C17H15NO. The summed E-state index contributed by atoms with van der Waals surface area (Å²) in [5.41, 5.74) is 3.72. The van der Waals surface area contributed by atoms with Crippen LogP contribution >= 0.6 is 0 Å². The molecular weight excluding hydrogens is 234 g/mol. The summed E-state index contributed by atoms with van der Waals surface area (Å²) in [7, 11) is 0. The van der Waals surface area contributed by atoms with Gasteiger partial charge in [0.05, 0.1) is 12.5 Å². The quantitative estimate of drug-likeness (QED) is 0.768. The van der Waals surface area contributed by atoms with Gasteiger partial charge < -0.3 is 0 Å². The maximum atomic E-state index is 11.9. The first-order chi connectivity index (χ1) is 9.26. The van der Waals surface area contributed by atoms with Crippen LogP contribution in [0.25, 0.3) is 11.1 Å². The summed E-state index contributed by atoms with van der Waals surface area (Å²) >= 11 is 0. The third-order valence-electron chi connectivity index (χ3n) is 3.10. The van der Waals surface area contributed by atoms with Crippen molar-refractivity contribution in [2.45, 2.75) is 19.8 Å². The number of nitriles is 1. The smallest absolute Gasteiger partial charge is 0.163 e. The molecule has 2 rings (SSSR count). The van der Waals surface area contributed by atoms with E-state index in [1.807, 2.05) is 55.5 Å². The van der Waals surface area contributed by atoms with Crippen LogP contribution in [-0.4, -0.2) is 5.78 Å². The van der Waals surface area contributed by atoms with E-state index in [0.29, 0.717) is 12.8 Å². The van der Waals surface area contributed by atoms with Crippen molar-refractivity contribution in [3.63, 3.8) is 0 Å². The molecule has 2 nitrogen and oxygen atoms in total. The van der Waals surface area contributed by atoms with Crippen molar-refractivity contribution in [2.24, 2.45) is 0 Å². The Labute approximate surface area is 113 Å². The van der Waals surface area contributed by atoms with Crippen molar-refractivity contribution in [3.05, 3.63) is 59.7 Å². The van der Waals surface area contributed by atoms with Crippen LogP contribution in [-0.2, 0) is 6.42 Å². The molecule has 2 heteroatoms. The van der Waals surface area contributed by atoms with E-state index < -0.39 is 0 Å². The summed E-state index contributed by atoms with van der Waals surface area (Å²) in [6.07, 6.45) is 0.916. The van der Waals surface area contributed by atoms with E-state index in [2.05, 4.69) is 6.07 Å². The van der Waals surface area contributed by atoms with Crippen molar-refractivity contribution in [1.29, 1.82) is 5.26 Å². The van der Waals surface area contributed by atoms with E-state index in [9.17, 15) is 4.79 Å². The number of benzene rings is 2. The average Bonchev–Trinajstić information content (AvgIpc) is 2.47. The summed E-state index contributed by atoms with van der Waals surface area (Å²) < 4.78 is 0. The van der Waals surface area contributed by atoms with E-state index in [1.54, 1.807) is 0 Å². The molecule has 0 fully saturated rings. The number of ketones is 1. The SMILES string of the molecule is CCC(=O)c1ccccc1-c1ccc(CC#N)cc1. The first-order valence-corrected chi connectivity index (χ1v) is 6.34. The second-order valence-electron chi connectivity index (χ2n) is 4.35. The van der Waals surface area contributed by atoms with Crippen molar-refractivity contribution >= 4 is 5.78 Å². The topological polar surface area (TPSA) is 40.9 Å². The maximum Gasteiger partial charge on any atom is 0.163 e. The number of hydrogen-bond acceptors (Lipinski definition) is 2. The highest BCUT2D eigenvalue weighted by atomic mass is 16.1. The van der Waals surface area contributed by atoms with Crippen LogP contribution in [0.3, 0.4) is 0 Å². The number of hydrogen-bond donors (Lipinski definition) is 0. The van der Waals surface area contributed by atoms with Crippen molar-refractivity contribution < 1.29 is 4.79 Å². The number of rotatable bonds is 4. The molecule has 0 amide bonds. The Kier molecular flexibility index (Phi) is 4.10. The highest BCUT2D eigenvalue weighted by Crippen LogP contribution is 2.25. The molecule has 2 aromatic carbocycles. The molecule has 0 atom stereocenters. The van der Waals surface area contributed by atoms with Gasteiger partial charge in [-0.25, -0.2) is 0 Å². The summed E-state index contributed by atoms with van der Waals surface area (Å²) in [4.78, 5) is 11.9. The lowest BCUT2D eigenvalue weighted by molar-refractivity contribution is 0.0989. The molecule has 94 valence electrons. The average molecular weight is 249 g/mol. The van der Waals surface area contributed by atoms with Gasteiger partial charge in [-0.1, -0.05) is 55.5 Å². The van der Waals surface area contributed by atoms with Crippen LogP contribution in [0.4, 0.5) is 0 Å². The van der Waals surface area contributed by atoms with Gasteiger partial charge in [0.1, 0.15) is 0 Å². The molecule has 19 heavy (non-hydrogen) atoms. The molecule has 0 heterocycles. The molecule has 0 unspecified atom stereocenters. The molecule has 0 radical (unpaired) electrons. The van der Waals surface area contributed by atoms with Crippen LogP contribution < -0.4 is 0 Å². The predicted molar refractivity (Wildman–Crippen MR) is 75.8 cm³/mol. The molecule has 0 aliphatic heterocycles. The Morgan fingerprint density at radius 2 is 1.79 bits per heavy atom. The molecule has 2 aromatic rings. The fourth-order valence-electron chi connectivity index (χ4n) is 2.06. The first kappa shape index (κ1) is 13.0. The van der Waals surface area contributed by atoms with Gasteiger partial charge in [0.25, 0.3) is 0 Å². The standard InChI is InChI=1S/C17H15NO/c1-2-17(19)16-6-4-3-5-15(16)14-9-7-13(8-10-14)11-12-18/h3-10H,2,11H2,1H3. The van der Waals surface area contributed by atoms with Crippen molar-refractivity contribution in [2.75, 3.05) is 0 Å². The molecule has 0 N–H and O–H groups in total. The van der Waals surface area contributed by atoms with Gasteiger partial charge in [-0.3, -0.25) is 4.79 Å². The minimum absolute atomic E-state index is 0.150. The van der Waals surface area contributed by atoms with Gasteiger partial charge in [0.2, 0.25) is 0 Å². The summed E-state index contributed by atoms with van der Waals surface area (Å²) in [6.45, 7) is 1.87. The second kappa shape index (κ2) is 5.97. The Morgan fingerprint density at radius 3 is 2.42 bits per heavy atom. The van der Waals surface area contributed by atoms with E-state index in [4.69, 9.17) is 5.26 Å². The van der Waals surface area contributed by atoms with E-state index in [1.165, 1.54) is 0 Å². The van der Waals surface area contributed by atoms with Crippen LogP contribution in [0.2, 0.25) is 0 Å². The normalized spacial score (nSPS) is 9.89. The minimum atomic E-state index is 0.150. The highest BCUT2D eigenvalue weighted by molar-refractivity contribution is 6.02. The zero-order valence-electron chi connectivity index (χ0n) is 10.9. The van der Waals surface area contributed by atoms with Gasteiger partial charge in [0.15, 0.2) is 5.78 Å². The van der Waals surface area contributed by atoms with E-state index in [-0.39, 0.29) is 5.78 Å². The summed E-state index contributed by atoms with van der Waals surface area (Å²) in [5.74, 6) is 0.150. The van der Waals surface area contributed by atoms with Crippen LogP contribution in [0.1, 0.15) is 29.3 Å². The van der Waals surface area contributed by atoms with Crippen LogP contribution in [0.5, 0.6) is 0 Å². The Bertz CT molecular complexity index is 620. The predicted octanol–water partition coefficient (Wildman–Crippen LogP) is 4.01. The van der Waals surface area contributed by atoms with Gasteiger partial charge in [-0.2, -0.15) is 5.26 Å². The molecule has 0 spiro atoms.